The highest BCUT2D eigenvalue weighted by Crippen LogP contribution is 2.36. The third-order valence-corrected chi connectivity index (χ3v) is 6.90. The maximum atomic E-state index is 13.1. The van der Waals surface area contributed by atoms with E-state index in [0.717, 1.165) is 52.1 Å². The van der Waals surface area contributed by atoms with Crippen LogP contribution in [0, 0.1) is 0 Å². The summed E-state index contributed by atoms with van der Waals surface area (Å²) in [7, 11) is 4.99. The van der Waals surface area contributed by atoms with Crippen molar-refractivity contribution in [3.05, 3.63) is 66.5 Å². The van der Waals surface area contributed by atoms with Crippen LogP contribution < -0.4 is 10.1 Å². The van der Waals surface area contributed by atoms with Crippen molar-refractivity contribution in [1.82, 2.24) is 19.8 Å². The van der Waals surface area contributed by atoms with E-state index in [0.29, 0.717) is 31.0 Å². The molecule has 1 saturated heterocycles. The average molecular weight is 574 g/mol. The molecule has 0 bridgehead atoms. The number of hydrogen-bond acceptors (Lipinski definition) is 7. The fourth-order valence-corrected chi connectivity index (χ4v) is 4.74. The number of ether oxygens (including phenoxy) is 3. The smallest absolute Gasteiger partial charge is 0.411 e. The second kappa shape index (κ2) is 14.5. The molecule has 5 rings (SSSR count). The predicted molar refractivity (Wildman–Crippen MR) is 165 cm³/mol. The van der Waals surface area contributed by atoms with Gasteiger partial charge in [-0.05, 0) is 29.8 Å². The molecule has 4 aromatic rings. The van der Waals surface area contributed by atoms with E-state index in [4.69, 9.17) is 14.2 Å². The fraction of sp³-hybridized carbons (Fsp3) is 0.344. The highest BCUT2D eigenvalue weighted by Gasteiger charge is 2.19. The Bertz CT molecular complexity index is 1510. The minimum absolute atomic E-state index is 0.240. The highest BCUT2D eigenvalue weighted by molar-refractivity contribution is 6.04. The second-order valence-electron chi connectivity index (χ2n) is 9.70. The number of hydrogen-bond donors (Lipinski definition) is 2. The monoisotopic (exact) mass is 573 g/mol. The number of carbonyl (C=O) groups is 2. The molecule has 0 spiro atoms. The summed E-state index contributed by atoms with van der Waals surface area (Å²) in [5.74, 6) is 0.524. The third-order valence-electron chi connectivity index (χ3n) is 6.90. The van der Waals surface area contributed by atoms with Crippen LogP contribution in [0.4, 0.5) is 10.5 Å². The van der Waals surface area contributed by atoms with Gasteiger partial charge in [-0.3, -0.25) is 15.0 Å². The van der Waals surface area contributed by atoms with Crippen LogP contribution in [0.2, 0.25) is 0 Å². The van der Waals surface area contributed by atoms with Gasteiger partial charge in [-0.1, -0.05) is 38.1 Å². The standard InChI is InChI=1S/C30H33N5O5.C2H6/c1-34(2)29(36)24-16-20(8-9-26(24)33-30(37)40-15-12-35-10-13-39-14-11-35)21-17-23-25(19-32-28(23)31-18-21)22-6-4-5-7-27(22)38-3;1-2/h4-9,16-19H,10-15H2,1-3H3,(H,31,32)(H,33,37);1-2H3. The van der Waals surface area contributed by atoms with E-state index in [1.54, 1.807) is 39.5 Å². The Balaban J connectivity index is 0.00000198. The quantitative estimate of drug-likeness (QED) is 0.286. The second-order valence-corrected chi connectivity index (χ2v) is 9.70. The van der Waals surface area contributed by atoms with Crippen LogP contribution in [-0.4, -0.2) is 92.4 Å². The first-order valence-corrected chi connectivity index (χ1v) is 14.1. The first-order chi connectivity index (χ1) is 20.4. The lowest BCUT2D eigenvalue weighted by atomic mass is 9.99. The lowest BCUT2D eigenvalue weighted by Crippen LogP contribution is -2.38. The Morgan fingerprint density at radius 2 is 1.81 bits per heavy atom. The fourth-order valence-electron chi connectivity index (χ4n) is 4.74. The Labute approximate surface area is 246 Å². The molecule has 0 saturated carbocycles. The topological polar surface area (TPSA) is 109 Å². The molecule has 10 heteroatoms. The summed E-state index contributed by atoms with van der Waals surface area (Å²) in [6.45, 7) is 7.88. The normalized spacial score (nSPS) is 13.2. The van der Waals surface area contributed by atoms with E-state index in [9.17, 15) is 9.59 Å². The molecule has 222 valence electrons. The third kappa shape index (κ3) is 7.07. The van der Waals surface area contributed by atoms with Crippen molar-refractivity contribution in [2.24, 2.45) is 0 Å². The molecule has 2 amide bonds. The van der Waals surface area contributed by atoms with E-state index in [-0.39, 0.29) is 12.5 Å². The zero-order chi connectivity index (χ0) is 30.1. The number of aromatic amines is 1. The van der Waals surface area contributed by atoms with Gasteiger partial charge in [-0.2, -0.15) is 0 Å². The maximum absolute atomic E-state index is 13.1. The Morgan fingerprint density at radius 1 is 1.05 bits per heavy atom. The molecule has 42 heavy (non-hydrogen) atoms. The van der Waals surface area contributed by atoms with Crippen molar-refractivity contribution in [2.45, 2.75) is 13.8 Å². The molecule has 2 aromatic heterocycles. The van der Waals surface area contributed by atoms with Gasteiger partial charge in [0.25, 0.3) is 5.91 Å². The number of carbonyl (C=O) groups excluding carboxylic acids is 2. The first kappa shape index (κ1) is 30.5. The van der Waals surface area contributed by atoms with Gasteiger partial charge in [0.1, 0.15) is 18.0 Å². The molecule has 0 atom stereocenters. The molecule has 0 unspecified atom stereocenters. The minimum Gasteiger partial charge on any atom is -0.496 e. The van der Waals surface area contributed by atoms with Crippen molar-refractivity contribution in [2.75, 3.05) is 66.0 Å². The summed E-state index contributed by atoms with van der Waals surface area (Å²) in [5, 5.41) is 3.67. The van der Waals surface area contributed by atoms with E-state index in [1.165, 1.54) is 4.90 Å². The summed E-state index contributed by atoms with van der Waals surface area (Å²) < 4.78 is 16.3. The molecule has 0 aliphatic carbocycles. The largest absolute Gasteiger partial charge is 0.496 e. The zero-order valence-corrected chi connectivity index (χ0v) is 24.9. The zero-order valence-electron chi connectivity index (χ0n) is 24.9. The van der Waals surface area contributed by atoms with E-state index >= 15 is 0 Å². The average Bonchev–Trinajstić information content (AvgIpc) is 3.45. The number of amides is 2. The molecule has 1 fully saturated rings. The molecule has 0 radical (unpaired) electrons. The number of H-pyrrole nitrogens is 1. The predicted octanol–water partition coefficient (Wildman–Crippen LogP) is 5.51. The first-order valence-electron chi connectivity index (χ1n) is 14.1. The van der Waals surface area contributed by atoms with Crippen molar-refractivity contribution < 1.29 is 23.8 Å². The van der Waals surface area contributed by atoms with Gasteiger partial charge in [0, 0.05) is 68.2 Å². The highest BCUT2D eigenvalue weighted by atomic mass is 16.5. The van der Waals surface area contributed by atoms with Gasteiger partial charge in [-0.25, -0.2) is 9.78 Å². The SMILES string of the molecule is CC.COc1ccccc1-c1c[nH]c2ncc(-c3ccc(NC(=O)OCCN4CCOCC4)c(C(=O)N(C)C)c3)cc12. The Morgan fingerprint density at radius 3 is 2.55 bits per heavy atom. The van der Waals surface area contributed by atoms with Crippen molar-refractivity contribution in [1.29, 1.82) is 0 Å². The number of rotatable bonds is 8. The van der Waals surface area contributed by atoms with E-state index < -0.39 is 6.09 Å². The van der Waals surface area contributed by atoms with Crippen LogP contribution in [0.3, 0.4) is 0 Å². The molecule has 2 aromatic carbocycles. The van der Waals surface area contributed by atoms with Gasteiger partial charge >= 0.3 is 6.09 Å². The number of morpholine rings is 1. The van der Waals surface area contributed by atoms with Crippen molar-refractivity contribution in [3.8, 4) is 28.0 Å². The number of nitrogens with zero attached hydrogens (tertiary/aromatic N) is 3. The summed E-state index contributed by atoms with van der Waals surface area (Å²) in [6.07, 6.45) is 3.07. The Hall–Kier alpha value is -4.41. The van der Waals surface area contributed by atoms with Crippen LogP contribution in [0.5, 0.6) is 5.75 Å². The summed E-state index contributed by atoms with van der Waals surface area (Å²) in [4.78, 5) is 37.2. The number of methoxy groups -OCH3 is 1. The van der Waals surface area contributed by atoms with Gasteiger partial charge in [-0.15, -0.1) is 0 Å². The maximum Gasteiger partial charge on any atom is 0.411 e. The van der Waals surface area contributed by atoms with Gasteiger partial charge in [0.2, 0.25) is 0 Å². The van der Waals surface area contributed by atoms with Gasteiger partial charge in [0.05, 0.1) is 31.6 Å². The van der Waals surface area contributed by atoms with Crippen LogP contribution in [-0.2, 0) is 9.47 Å². The number of anilines is 1. The van der Waals surface area contributed by atoms with Crippen LogP contribution in [0.25, 0.3) is 33.3 Å². The summed E-state index contributed by atoms with van der Waals surface area (Å²) in [5.41, 5.74) is 5.01. The molecule has 1 aliphatic heterocycles. The lowest BCUT2D eigenvalue weighted by Gasteiger charge is -2.26. The van der Waals surface area contributed by atoms with Crippen LogP contribution in [0.15, 0.2) is 60.9 Å². The van der Waals surface area contributed by atoms with Crippen LogP contribution >= 0.6 is 0 Å². The summed E-state index contributed by atoms with van der Waals surface area (Å²) in [6, 6.07) is 15.2. The number of para-hydroxylation sites is 1. The van der Waals surface area contributed by atoms with Gasteiger partial charge in [0.15, 0.2) is 0 Å². The minimum atomic E-state index is -0.606. The molecule has 2 N–H and O–H groups in total. The van der Waals surface area contributed by atoms with Crippen molar-refractivity contribution >= 4 is 28.7 Å². The summed E-state index contributed by atoms with van der Waals surface area (Å²) >= 11 is 0. The lowest BCUT2D eigenvalue weighted by molar-refractivity contribution is 0.0290. The molecular formula is C32H39N5O5. The van der Waals surface area contributed by atoms with E-state index in [2.05, 4.69) is 20.2 Å². The molecule has 1 aliphatic rings. The number of nitrogens with one attached hydrogen (secondary N) is 2. The Kier molecular flexibility index (Phi) is 10.5. The molecule has 10 nitrogen and oxygen atoms in total. The number of fused-ring (bicyclic) bond motifs is 1. The van der Waals surface area contributed by atoms with Gasteiger partial charge < -0.3 is 24.1 Å². The van der Waals surface area contributed by atoms with Crippen LogP contribution in [0.1, 0.15) is 24.2 Å². The molecule has 3 heterocycles. The molecular weight excluding hydrogens is 534 g/mol. The number of benzene rings is 2. The number of aromatic nitrogens is 2. The van der Waals surface area contributed by atoms with Crippen molar-refractivity contribution in [3.63, 3.8) is 0 Å². The van der Waals surface area contributed by atoms with E-state index in [1.807, 2.05) is 56.4 Å². The number of pyridine rings is 1.